The highest BCUT2D eigenvalue weighted by molar-refractivity contribution is 5.06. The van der Waals surface area contributed by atoms with E-state index in [-0.39, 0.29) is 0 Å². The zero-order valence-corrected chi connectivity index (χ0v) is 6.75. The molecule has 1 rings (SSSR count). The van der Waals surface area contributed by atoms with Crippen LogP contribution in [0.3, 0.4) is 0 Å². The van der Waals surface area contributed by atoms with Gasteiger partial charge in [0, 0.05) is 6.08 Å². The Kier molecular flexibility index (Phi) is 3.61. The predicted octanol–water partition coefficient (Wildman–Crippen LogP) is 2.48. The van der Waals surface area contributed by atoms with Gasteiger partial charge in [-0.05, 0) is 25.7 Å². The molecule has 0 aliphatic heterocycles. The Hall–Kier alpha value is -0.900. The smallest absolute Gasteiger partial charge is 0.0978 e. The maximum Gasteiger partial charge on any atom is 0.0978 e. The summed E-state index contributed by atoms with van der Waals surface area (Å²) in [4.78, 5) is 0. The molecule has 0 spiro atoms. The average molecular weight is 150 g/mol. The first-order valence-electron chi connectivity index (χ1n) is 4.20. The van der Waals surface area contributed by atoms with E-state index in [1.54, 1.807) is 12.3 Å². The highest BCUT2D eigenvalue weighted by Gasteiger charge is 2.12. The normalized spacial score (nSPS) is 19.9. The summed E-state index contributed by atoms with van der Waals surface area (Å²) in [6.07, 6.45) is 15.0. The number of rotatable bonds is 2. The summed E-state index contributed by atoms with van der Waals surface area (Å²) in [5.74, 6) is 2.40. The molecule has 0 bridgehead atoms. The molecule has 1 heteroatoms. The molecule has 11 heavy (non-hydrogen) atoms. The molecule has 0 N–H and O–H groups in total. The summed E-state index contributed by atoms with van der Waals surface area (Å²) in [7, 11) is 0. The fourth-order valence-corrected chi connectivity index (χ4v) is 1.39. The van der Waals surface area contributed by atoms with Crippen LogP contribution in [0.1, 0.15) is 32.1 Å². The van der Waals surface area contributed by atoms with Crippen LogP contribution in [0.5, 0.6) is 0 Å². The number of hydrogen-bond acceptors (Lipinski definition) is 1. The van der Waals surface area contributed by atoms with Crippen molar-refractivity contribution in [3.8, 4) is 12.3 Å². The Morgan fingerprint density at radius 3 is 2.64 bits per heavy atom. The van der Waals surface area contributed by atoms with Gasteiger partial charge in [0.2, 0.25) is 0 Å². The lowest BCUT2D eigenvalue weighted by atomic mass is 9.98. The van der Waals surface area contributed by atoms with Crippen LogP contribution >= 0.6 is 0 Å². The van der Waals surface area contributed by atoms with Gasteiger partial charge in [0.05, 0.1) is 12.4 Å². The largest absolute Gasteiger partial charge is 0.497 e. The molecular weight excluding hydrogens is 136 g/mol. The van der Waals surface area contributed by atoms with Crippen molar-refractivity contribution in [1.29, 1.82) is 0 Å². The molecule has 0 aromatic carbocycles. The third kappa shape index (κ3) is 3.13. The summed E-state index contributed by atoms with van der Waals surface area (Å²) in [5.41, 5.74) is 0. The molecule has 1 aliphatic rings. The van der Waals surface area contributed by atoms with Crippen LogP contribution in [-0.4, -0.2) is 6.10 Å². The zero-order chi connectivity index (χ0) is 7.94. The van der Waals surface area contributed by atoms with Crippen LogP contribution in [0, 0.1) is 12.3 Å². The monoisotopic (exact) mass is 150 g/mol. The lowest BCUT2D eigenvalue weighted by Crippen LogP contribution is -2.13. The van der Waals surface area contributed by atoms with Crippen LogP contribution in [0.2, 0.25) is 0 Å². The Balaban J connectivity index is 2.15. The topological polar surface area (TPSA) is 9.23 Å². The van der Waals surface area contributed by atoms with Gasteiger partial charge in [-0.25, -0.2) is 0 Å². The maximum atomic E-state index is 5.40. The van der Waals surface area contributed by atoms with Gasteiger partial charge in [0.25, 0.3) is 0 Å². The van der Waals surface area contributed by atoms with E-state index in [1.807, 2.05) is 0 Å². The van der Waals surface area contributed by atoms with E-state index in [1.165, 1.54) is 32.1 Å². The first-order valence-corrected chi connectivity index (χ1v) is 4.20. The Morgan fingerprint density at radius 2 is 2.00 bits per heavy atom. The van der Waals surface area contributed by atoms with Gasteiger partial charge in [-0.2, -0.15) is 0 Å². The van der Waals surface area contributed by atoms with Crippen LogP contribution in [0.4, 0.5) is 0 Å². The fourth-order valence-electron chi connectivity index (χ4n) is 1.39. The molecule has 60 valence electrons. The third-order valence-electron chi connectivity index (χ3n) is 1.99. The lowest BCUT2D eigenvalue weighted by molar-refractivity contribution is 0.106. The fraction of sp³-hybridized carbons (Fsp3) is 0.600. The minimum Gasteiger partial charge on any atom is -0.497 e. The molecule has 0 amide bonds. The molecule has 0 unspecified atom stereocenters. The van der Waals surface area contributed by atoms with Crippen molar-refractivity contribution in [2.24, 2.45) is 0 Å². The average Bonchev–Trinajstić information content (AvgIpc) is 2.07. The minimum absolute atomic E-state index is 0.424. The van der Waals surface area contributed by atoms with Gasteiger partial charge in [-0.1, -0.05) is 12.3 Å². The molecule has 0 heterocycles. The van der Waals surface area contributed by atoms with Crippen LogP contribution in [0.15, 0.2) is 12.3 Å². The second kappa shape index (κ2) is 4.85. The highest BCUT2D eigenvalue weighted by Crippen LogP contribution is 2.20. The summed E-state index contributed by atoms with van der Waals surface area (Å²) in [6, 6.07) is 0. The van der Waals surface area contributed by atoms with Gasteiger partial charge in [0.15, 0.2) is 0 Å². The second-order valence-electron chi connectivity index (χ2n) is 2.87. The van der Waals surface area contributed by atoms with Crippen LogP contribution < -0.4 is 0 Å². The van der Waals surface area contributed by atoms with Gasteiger partial charge in [-0.15, -0.1) is 6.42 Å². The van der Waals surface area contributed by atoms with E-state index in [4.69, 9.17) is 11.2 Å². The number of hydrogen-bond donors (Lipinski definition) is 0. The van der Waals surface area contributed by atoms with E-state index in [0.717, 1.165) is 0 Å². The van der Waals surface area contributed by atoms with Crippen molar-refractivity contribution in [1.82, 2.24) is 0 Å². The summed E-state index contributed by atoms with van der Waals surface area (Å²) in [6.45, 7) is 0. The van der Waals surface area contributed by atoms with Gasteiger partial charge in [-0.3, -0.25) is 0 Å². The quantitative estimate of drug-likeness (QED) is 0.434. The van der Waals surface area contributed by atoms with Crippen molar-refractivity contribution in [3.05, 3.63) is 12.3 Å². The van der Waals surface area contributed by atoms with Crippen molar-refractivity contribution >= 4 is 0 Å². The van der Waals surface area contributed by atoms with E-state index >= 15 is 0 Å². The first kappa shape index (κ1) is 8.20. The number of ether oxygens (including phenoxy) is 1. The Bertz CT molecular complexity index is 158. The van der Waals surface area contributed by atoms with Gasteiger partial charge in [0.1, 0.15) is 0 Å². The Morgan fingerprint density at radius 1 is 1.27 bits per heavy atom. The van der Waals surface area contributed by atoms with Crippen molar-refractivity contribution in [2.75, 3.05) is 0 Å². The predicted molar refractivity (Wildman–Crippen MR) is 45.9 cm³/mol. The molecule has 0 atom stereocenters. The summed E-state index contributed by atoms with van der Waals surface area (Å²) < 4.78 is 5.40. The summed E-state index contributed by atoms with van der Waals surface area (Å²) in [5, 5.41) is 0. The van der Waals surface area contributed by atoms with Crippen LogP contribution in [0.25, 0.3) is 0 Å². The van der Waals surface area contributed by atoms with Crippen LogP contribution in [-0.2, 0) is 4.74 Å². The van der Waals surface area contributed by atoms with Crippen molar-refractivity contribution in [3.63, 3.8) is 0 Å². The van der Waals surface area contributed by atoms with Gasteiger partial charge >= 0.3 is 0 Å². The molecule has 1 aliphatic carbocycles. The molecule has 1 nitrogen and oxygen atoms in total. The lowest BCUT2D eigenvalue weighted by Gasteiger charge is -2.20. The van der Waals surface area contributed by atoms with Crippen molar-refractivity contribution < 1.29 is 4.74 Å². The number of allylic oxidation sites excluding steroid dienone is 1. The molecule has 0 aromatic heterocycles. The SMILES string of the molecule is C#CC=COC1CCCCC1. The first-order chi connectivity index (χ1) is 5.43. The molecule has 1 fully saturated rings. The highest BCUT2D eigenvalue weighted by atomic mass is 16.5. The maximum absolute atomic E-state index is 5.40. The minimum atomic E-state index is 0.424. The number of terminal acetylenes is 1. The second-order valence-corrected chi connectivity index (χ2v) is 2.87. The standard InChI is InChI=1S/C10H14O/c1-2-3-9-11-10-7-5-4-6-8-10/h1,3,9-10H,4-8H2. The van der Waals surface area contributed by atoms with E-state index in [9.17, 15) is 0 Å². The summed E-state index contributed by atoms with van der Waals surface area (Å²) >= 11 is 0. The van der Waals surface area contributed by atoms with Gasteiger partial charge < -0.3 is 4.74 Å². The molecule has 0 aromatic rings. The van der Waals surface area contributed by atoms with Crippen molar-refractivity contribution in [2.45, 2.75) is 38.2 Å². The Labute approximate surface area is 68.4 Å². The molecule has 1 saturated carbocycles. The molecular formula is C10H14O. The van der Waals surface area contributed by atoms with E-state index < -0.39 is 0 Å². The molecule has 0 saturated heterocycles. The third-order valence-corrected chi connectivity index (χ3v) is 1.99. The zero-order valence-electron chi connectivity index (χ0n) is 6.75. The van der Waals surface area contributed by atoms with E-state index in [2.05, 4.69) is 5.92 Å². The molecule has 0 radical (unpaired) electrons. The van der Waals surface area contributed by atoms with E-state index in [0.29, 0.717) is 6.10 Å².